The maximum absolute atomic E-state index is 12.2. The van der Waals surface area contributed by atoms with Crippen molar-refractivity contribution in [1.82, 2.24) is 0 Å². The molecule has 0 aromatic heterocycles. The summed E-state index contributed by atoms with van der Waals surface area (Å²) in [5, 5.41) is 11.7. The number of carboxylic acids is 1. The van der Waals surface area contributed by atoms with Gasteiger partial charge >= 0.3 is 5.97 Å². The Hall–Kier alpha value is -1.88. The normalized spacial score (nSPS) is 17.6. The molecule has 0 bridgehead atoms. The highest BCUT2D eigenvalue weighted by Crippen LogP contribution is 2.40. The van der Waals surface area contributed by atoms with Crippen molar-refractivity contribution in [1.29, 1.82) is 0 Å². The predicted octanol–water partition coefficient (Wildman–Crippen LogP) is 2.33. The molecule has 1 aromatic rings. The molecule has 5 heteroatoms. The van der Waals surface area contributed by atoms with Crippen LogP contribution in [0.1, 0.15) is 44.1 Å². The monoisotopic (exact) mass is 290 g/mol. The zero-order valence-electron chi connectivity index (χ0n) is 12.3. The third-order valence-corrected chi connectivity index (χ3v) is 4.40. The predicted molar refractivity (Wildman–Crippen MR) is 81.1 cm³/mol. The van der Waals surface area contributed by atoms with Gasteiger partial charge in [-0.25, -0.2) is 0 Å². The van der Waals surface area contributed by atoms with Gasteiger partial charge in [0.2, 0.25) is 5.91 Å². The fourth-order valence-corrected chi connectivity index (χ4v) is 2.67. The molecule has 0 heterocycles. The van der Waals surface area contributed by atoms with Crippen LogP contribution in [-0.2, 0) is 9.59 Å². The molecule has 1 amide bonds. The van der Waals surface area contributed by atoms with Gasteiger partial charge in [0.25, 0.3) is 0 Å². The number of carbonyl (C=O) groups excluding carboxylic acids is 1. The SMILES string of the molecule is CC(CC(=O)O)c1ccc(NC(=O)C2(CN)CCC2)cc1. The Labute approximate surface area is 124 Å². The minimum absolute atomic E-state index is 0.0115. The molecular formula is C16H22N2O3. The Kier molecular flexibility index (Phi) is 4.63. The summed E-state index contributed by atoms with van der Waals surface area (Å²) in [7, 11) is 0. The van der Waals surface area contributed by atoms with E-state index in [1.165, 1.54) is 0 Å². The third kappa shape index (κ3) is 3.42. The van der Waals surface area contributed by atoms with Gasteiger partial charge in [-0.15, -0.1) is 0 Å². The van der Waals surface area contributed by atoms with Gasteiger partial charge < -0.3 is 16.2 Å². The molecule has 1 fully saturated rings. The van der Waals surface area contributed by atoms with Crippen molar-refractivity contribution in [3.05, 3.63) is 29.8 Å². The van der Waals surface area contributed by atoms with Crippen molar-refractivity contribution in [2.75, 3.05) is 11.9 Å². The van der Waals surface area contributed by atoms with E-state index in [0.717, 1.165) is 30.5 Å². The molecule has 0 aliphatic heterocycles. The van der Waals surface area contributed by atoms with Gasteiger partial charge in [-0.1, -0.05) is 25.5 Å². The smallest absolute Gasteiger partial charge is 0.303 e. The van der Waals surface area contributed by atoms with Crippen LogP contribution in [-0.4, -0.2) is 23.5 Å². The summed E-state index contributed by atoms with van der Waals surface area (Å²) in [6.07, 6.45) is 2.85. The minimum Gasteiger partial charge on any atom is -0.481 e. The van der Waals surface area contributed by atoms with Crippen LogP contribution in [0.25, 0.3) is 0 Å². The van der Waals surface area contributed by atoms with E-state index in [4.69, 9.17) is 10.8 Å². The van der Waals surface area contributed by atoms with Crippen LogP contribution >= 0.6 is 0 Å². The van der Waals surface area contributed by atoms with Gasteiger partial charge in [-0.05, 0) is 36.5 Å². The number of rotatable bonds is 6. The zero-order chi connectivity index (χ0) is 15.5. The highest BCUT2D eigenvalue weighted by Gasteiger charge is 2.42. The summed E-state index contributed by atoms with van der Waals surface area (Å²) < 4.78 is 0. The summed E-state index contributed by atoms with van der Waals surface area (Å²) in [4.78, 5) is 23.0. The number of nitrogens with one attached hydrogen (secondary N) is 1. The Balaban J connectivity index is 1.99. The van der Waals surface area contributed by atoms with E-state index >= 15 is 0 Å². The van der Waals surface area contributed by atoms with Crippen LogP contribution in [0.5, 0.6) is 0 Å². The van der Waals surface area contributed by atoms with Crippen LogP contribution < -0.4 is 11.1 Å². The molecule has 0 radical (unpaired) electrons. The highest BCUT2D eigenvalue weighted by molar-refractivity contribution is 5.96. The Morgan fingerprint density at radius 3 is 2.38 bits per heavy atom. The van der Waals surface area contributed by atoms with Crippen molar-refractivity contribution in [2.45, 2.75) is 38.5 Å². The number of nitrogens with two attached hydrogens (primary N) is 1. The summed E-state index contributed by atoms with van der Waals surface area (Å²) in [6, 6.07) is 7.35. The van der Waals surface area contributed by atoms with Crippen LogP contribution in [0.15, 0.2) is 24.3 Å². The van der Waals surface area contributed by atoms with Gasteiger partial charge in [-0.2, -0.15) is 0 Å². The molecule has 1 unspecified atom stereocenters. The van der Waals surface area contributed by atoms with Crippen molar-refractivity contribution in [2.24, 2.45) is 11.1 Å². The summed E-state index contributed by atoms with van der Waals surface area (Å²) in [5.74, 6) is -0.869. The maximum Gasteiger partial charge on any atom is 0.303 e. The first-order valence-corrected chi connectivity index (χ1v) is 7.30. The second-order valence-electron chi connectivity index (χ2n) is 5.91. The molecule has 1 aromatic carbocycles. The van der Waals surface area contributed by atoms with Crippen molar-refractivity contribution in [3.8, 4) is 0 Å². The Morgan fingerprint density at radius 2 is 1.95 bits per heavy atom. The van der Waals surface area contributed by atoms with Crippen LogP contribution in [0, 0.1) is 5.41 Å². The van der Waals surface area contributed by atoms with E-state index in [2.05, 4.69) is 5.32 Å². The molecule has 5 nitrogen and oxygen atoms in total. The fourth-order valence-electron chi connectivity index (χ4n) is 2.67. The largest absolute Gasteiger partial charge is 0.481 e. The average Bonchev–Trinajstić information content (AvgIpc) is 2.38. The molecule has 4 N–H and O–H groups in total. The number of hydrogen-bond acceptors (Lipinski definition) is 3. The molecular weight excluding hydrogens is 268 g/mol. The van der Waals surface area contributed by atoms with E-state index in [0.29, 0.717) is 6.54 Å². The molecule has 21 heavy (non-hydrogen) atoms. The first-order chi connectivity index (χ1) is 9.97. The van der Waals surface area contributed by atoms with Crippen molar-refractivity contribution < 1.29 is 14.7 Å². The van der Waals surface area contributed by atoms with E-state index < -0.39 is 11.4 Å². The van der Waals surface area contributed by atoms with Crippen molar-refractivity contribution >= 4 is 17.6 Å². The van der Waals surface area contributed by atoms with Gasteiger partial charge in [0.15, 0.2) is 0 Å². The van der Waals surface area contributed by atoms with E-state index in [1.807, 2.05) is 31.2 Å². The van der Waals surface area contributed by atoms with Gasteiger partial charge in [0.05, 0.1) is 11.8 Å². The lowest BCUT2D eigenvalue weighted by atomic mass is 9.68. The van der Waals surface area contributed by atoms with Gasteiger partial charge in [0.1, 0.15) is 0 Å². The van der Waals surface area contributed by atoms with Crippen LogP contribution in [0.4, 0.5) is 5.69 Å². The number of anilines is 1. The molecule has 2 rings (SSSR count). The summed E-state index contributed by atoms with van der Waals surface area (Å²) in [6.45, 7) is 2.26. The Bertz CT molecular complexity index is 515. The lowest BCUT2D eigenvalue weighted by Crippen LogP contribution is -2.47. The van der Waals surface area contributed by atoms with Crippen molar-refractivity contribution in [3.63, 3.8) is 0 Å². The lowest BCUT2D eigenvalue weighted by molar-refractivity contribution is -0.137. The minimum atomic E-state index is -0.810. The number of aliphatic carboxylic acids is 1. The third-order valence-electron chi connectivity index (χ3n) is 4.40. The number of hydrogen-bond donors (Lipinski definition) is 3. The van der Waals surface area contributed by atoms with Gasteiger partial charge in [0, 0.05) is 12.2 Å². The quantitative estimate of drug-likeness (QED) is 0.749. The standard InChI is InChI=1S/C16H22N2O3/c1-11(9-14(19)20)12-3-5-13(6-4-12)18-15(21)16(10-17)7-2-8-16/h3-6,11H,2,7-10,17H2,1H3,(H,18,21)(H,19,20). The topological polar surface area (TPSA) is 92.4 Å². The highest BCUT2D eigenvalue weighted by atomic mass is 16.4. The maximum atomic E-state index is 12.2. The fraction of sp³-hybridized carbons (Fsp3) is 0.500. The molecule has 1 saturated carbocycles. The Morgan fingerprint density at radius 1 is 1.33 bits per heavy atom. The molecule has 0 saturated heterocycles. The molecule has 1 aliphatic carbocycles. The van der Waals surface area contributed by atoms with Crippen LogP contribution in [0.2, 0.25) is 0 Å². The second-order valence-corrected chi connectivity index (χ2v) is 5.91. The average molecular weight is 290 g/mol. The van der Waals surface area contributed by atoms with Crippen LogP contribution in [0.3, 0.4) is 0 Å². The van der Waals surface area contributed by atoms with E-state index in [1.54, 1.807) is 0 Å². The number of amides is 1. The number of carboxylic acid groups (broad SMARTS) is 1. The first-order valence-electron chi connectivity index (χ1n) is 7.30. The van der Waals surface area contributed by atoms with Gasteiger partial charge in [-0.3, -0.25) is 9.59 Å². The first kappa shape index (κ1) is 15.5. The van der Waals surface area contributed by atoms with E-state index in [-0.39, 0.29) is 18.2 Å². The number of benzene rings is 1. The van der Waals surface area contributed by atoms with E-state index in [9.17, 15) is 9.59 Å². The molecule has 0 spiro atoms. The molecule has 1 aliphatic rings. The number of carbonyl (C=O) groups is 2. The molecule has 1 atom stereocenters. The lowest BCUT2D eigenvalue weighted by Gasteiger charge is -2.39. The summed E-state index contributed by atoms with van der Waals surface area (Å²) in [5.41, 5.74) is 7.00. The zero-order valence-corrected chi connectivity index (χ0v) is 12.3. The molecule has 114 valence electrons. The second kappa shape index (κ2) is 6.26. The summed E-state index contributed by atoms with van der Waals surface area (Å²) >= 11 is 0.